The van der Waals surface area contributed by atoms with Gasteiger partial charge in [0.05, 0.1) is 18.8 Å². The quantitative estimate of drug-likeness (QED) is 0.793. The van der Waals surface area contributed by atoms with Gasteiger partial charge in [-0.2, -0.15) is 0 Å². The number of hydrogen-bond acceptors (Lipinski definition) is 5. The number of carbonyl (C=O) groups excluding carboxylic acids is 1. The van der Waals surface area contributed by atoms with Crippen molar-refractivity contribution in [1.29, 1.82) is 0 Å². The fourth-order valence-electron chi connectivity index (χ4n) is 3.80. The molecule has 0 spiro atoms. The first-order valence-electron chi connectivity index (χ1n) is 8.89. The van der Waals surface area contributed by atoms with Crippen LogP contribution in [0.5, 0.6) is 0 Å². The average molecular weight is 378 g/mol. The molecule has 2 aromatic rings. The molecule has 0 bridgehead atoms. The van der Waals surface area contributed by atoms with Crippen LogP contribution in [0, 0.1) is 0 Å². The van der Waals surface area contributed by atoms with Crippen molar-refractivity contribution in [1.82, 2.24) is 19.9 Å². The maximum Gasteiger partial charge on any atom is 0.358 e. The van der Waals surface area contributed by atoms with Gasteiger partial charge in [0.15, 0.2) is 5.69 Å². The number of piperazine rings is 1. The molecule has 1 unspecified atom stereocenters. The summed E-state index contributed by atoms with van der Waals surface area (Å²) in [7, 11) is 0. The Bertz CT molecular complexity index is 840. The largest absolute Gasteiger partial charge is 0.476 e. The van der Waals surface area contributed by atoms with E-state index in [2.05, 4.69) is 15.2 Å². The summed E-state index contributed by atoms with van der Waals surface area (Å²) in [6.45, 7) is 3.03. The molecule has 8 nitrogen and oxygen atoms in total. The number of hydrogen-bond donors (Lipinski definition) is 1. The van der Waals surface area contributed by atoms with Crippen molar-refractivity contribution >= 4 is 47.1 Å². The molecular weight excluding hydrogens is 357 g/mol. The molecule has 1 amide bonds. The third-order valence-corrected chi connectivity index (χ3v) is 5.10. The van der Waals surface area contributed by atoms with Gasteiger partial charge in [-0.1, -0.05) is 23.8 Å². The Balaban J connectivity index is 0.00000210. The number of amides is 1. The van der Waals surface area contributed by atoms with E-state index in [1.807, 2.05) is 29.2 Å². The number of carboxylic acid groups (broad SMARTS) is 1. The van der Waals surface area contributed by atoms with Crippen LogP contribution in [0.1, 0.15) is 35.3 Å². The fraction of sp³-hybridized carbons (Fsp3) is 0.444. The van der Waals surface area contributed by atoms with E-state index in [0.29, 0.717) is 13.1 Å². The SMILES string of the molecule is O=C(O)c1cn(Cc2cccc(N3CCN4CCCCC4C3=O)c2)nn1.[Na]. The number of carbonyl (C=O) groups is 2. The number of aromatic carboxylic acids is 1. The van der Waals surface area contributed by atoms with Crippen molar-refractivity contribution in [3.63, 3.8) is 0 Å². The predicted molar refractivity (Wildman–Crippen MR) is 99.8 cm³/mol. The van der Waals surface area contributed by atoms with Crippen LogP contribution in [0.3, 0.4) is 0 Å². The van der Waals surface area contributed by atoms with Crippen molar-refractivity contribution in [3.8, 4) is 0 Å². The van der Waals surface area contributed by atoms with Crippen LogP contribution in [0.2, 0.25) is 0 Å². The Morgan fingerprint density at radius 1 is 1.22 bits per heavy atom. The van der Waals surface area contributed by atoms with E-state index in [9.17, 15) is 9.59 Å². The number of benzene rings is 1. The van der Waals surface area contributed by atoms with Crippen LogP contribution in [-0.4, -0.2) is 92.1 Å². The molecule has 1 radical (unpaired) electrons. The molecule has 1 N–H and O–H groups in total. The van der Waals surface area contributed by atoms with E-state index in [4.69, 9.17) is 5.11 Å². The third-order valence-electron chi connectivity index (χ3n) is 5.10. The van der Waals surface area contributed by atoms with Gasteiger partial charge in [-0.15, -0.1) is 5.10 Å². The van der Waals surface area contributed by atoms with Crippen LogP contribution in [-0.2, 0) is 11.3 Å². The van der Waals surface area contributed by atoms with Crippen molar-refractivity contribution in [2.45, 2.75) is 31.8 Å². The molecule has 9 heteroatoms. The number of anilines is 1. The topological polar surface area (TPSA) is 91.6 Å². The normalized spacial score (nSPS) is 20.1. The average Bonchev–Trinajstić information content (AvgIpc) is 3.11. The summed E-state index contributed by atoms with van der Waals surface area (Å²) in [5.41, 5.74) is 1.75. The second kappa shape index (κ2) is 8.52. The predicted octanol–water partition coefficient (Wildman–Crippen LogP) is 0.845. The summed E-state index contributed by atoms with van der Waals surface area (Å²) in [5.74, 6) is -0.914. The van der Waals surface area contributed by atoms with Crippen LogP contribution >= 0.6 is 0 Å². The summed E-state index contributed by atoms with van der Waals surface area (Å²) in [6.07, 6.45) is 4.63. The Morgan fingerprint density at radius 3 is 2.85 bits per heavy atom. The minimum atomic E-state index is -1.10. The smallest absolute Gasteiger partial charge is 0.358 e. The minimum absolute atomic E-state index is 0. The van der Waals surface area contributed by atoms with Gasteiger partial charge in [-0.3, -0.25) is 9.69 Å². The number of carboxylic acids is 1. The van der Waals surface area contributed by atoms with Crippen LogP contribution in [0.25, 0.3) is 0 Å². The van der Waals surface area contributed by atoms with Crippen molar-refractivity contribution < 1.29 is 14.7 Å². The molecule has 2 fully saturated rings. The second-order valence-electron chi connectivity index (χ2n) is 6.81. The summed E-state index contributed by atoms with van der Waals surface area (Å²) < 4.78 is 1.49. The maximum atomic E-state index is 12.9. The van der Waals surface area contributed by atoms with Crippen LogP contribution in [0.4, 0.5) is 5.69 Å². The molecule has 4 rings (SSSR count). The van der Waals surface area contributed by atoms with Crippen molar-refractivity contribution in [2.24, 2.45) is 0 Å². The molecule has 1 aromatic carbocycles. The summed E-state index contributed by atoms with van der Waals surface area (Å²) in [4.78, 5) is 28.0. The molecule has 1 aromatic heterocycles. The third kappa shape index (κ3) is 4.24. The Labute approximate surface area is 179 Å². The fourth-order valence-corrected chi connectivity index (χ4v) is 3.80. The zero-order valence-corrected chi connectivity index (χ0v) is 17.4. The van der Waals surface area contributed by atoms with Crippen molar-refractivity contribution in [3.05, 3.63) is 41.7 Å². The van der Waals surface area contributed by atoms with Gasteiger partial charge in [0.2, 0.25) is 5.91 Å². The molecule has 2 saturated heterocycles. The van der Waals surface area contributed by atoms with Gasteiger partial charge in [0, 0.05) is 48.3 Å². The molecule has 0 aliphatic carbocycles. The molecule has 1 atom stereocenters. The van der Waals surface area contributed by atoms with E-state index in [1.54, 1.807) is 0 Å². The van der Waals surface area contributed by atoms with E-state index in [1.165, 1.54) is 17.3 Å². The van der Waals surface area contributed by atoms with Gasteiger partial charge in [-0.05, 0) is 37.1 Å². The number of rotatable bonds is 4. The summed E-state index contributed by atoms with van der Waals surface area (Å²) >= 11 is 0. The zero-order valence-electron chi connectivity index (χ0n) is 15.4. The standard InChI is InChI=1S/C18H21N5O3.Na/c24-17-16-6-1-2-7-21(16)8-9-23(17)14-5-3-4-13(10-14)11-22-12-15(18(25)26)19-20-22;/h3-5,10,12,16H,1-2,6-9,11H2,(H,25,26);. The molecule has 2 aliphatic heterocycles. The van der Waals surface area contributed by atoms with E-state index in [0.717, 1.165) is 37.2 Å². The first-order chi connectivity index (χ1) is 12.6. The summed E-state index contributed by atoms with van der Waals surface area (Å²) in [5, 5.41) is 16.4. The van der Waals surface area contributed by atoms with Crippen LogP contribution < -0.4 is 4.90 Å². The van der Waals surface area contributed by atoms with E-state index in [-0.39, 0.29) is 47.2 Å². The maximum absolute atomic E-state index is 12.9. The van der Waals surface area contributed by atoms with Gasteiger partial charge in [0.25, 0.3) is 0 Å². The van der Waals surface area contributed by atoms with E-state index < -0.39 is 5.97 Å². The first kappa shape index (κ1) is 20.0. The number of piperidine rings is 1. The molecule has 2 aliphatic rings. The molecule has 137 valence electrons. The Morgan fingerprint density at radius 2 is 2.07 bits per heavy atom. The molecule has 27 heavy (non-hydrogen) atoms. The summed E-state index contributed by atoms with van der Waals surface area (Å²) in [6, 6.07) is 7.78. The number of nitrogens with zero attached hydrogens (tertiary/aromatic N) is 5. The minimum Gasteiger partial charge on any atom is -0.476 e. The van der Waals surface area contributed by atoms with Gasteiger partial charge >= 0.3 is 5.97 Å². The van der Waals surface area contributed by atoms with Gasteiger partial charge < -0.3 is 10.0 Å². The van der Waals surface area contributed by atoms with Gasteiger partial charge in [-0.25, -0.2) is 9.48 Å². The van der Waals surface area contributed by atoms with Crippen molar-refractivity contribution in [2.75, 3.05) is 24.5 Å². The zero-order chi connectivity index (χ0) is 18.1. The monoisotopic (exact) mass is 378 g/mol. The number of fused-ring (bicyclic) bond motifs is 1. The molecule has 3 heterocycles. The Kier molecular flexibility index (Phi) is 6.31. The first-order valence-corrected chi connectivity index (χ1v) is 8.89. The second-order valence-corrected chi connectivity index (χ2v) is 6.81. The molecule has 0 saturated carbocycles. The molecular formula is C18H21N5NaO3. The number of aromatic nitrogens is 3. The van der Waals surface area contributed by atoms with E-state index >= 15 is 0 Å². The van der Waals surface area contributed by atoms with Crippen LogP contribution in [0.15, 0.2) is 30.5 Å². The Hall–Kier alpha value is -1.74. The van der Waals surface area contributed by atoms with Gasteiger partial charge in [0.1, 0.15) is 0 Å².